The molecule has 0 radical (unpaired) electrons. The molecule has 1 aromatic carbocycles. The average Bonchev–Trinajstić information content (AvgIpc) is 2.83. The summed E-state index contributed by atoms with van der Waals surface area (Å²) in [6.45, 7) is 4.08. The van der Waals surface area contributed by atoms with Gasteiger partial charge in [0.2, 0.25) is 15.9 Å². The number of piperidine rings is 1. The van der Waals surface area contributed by atoms with E-state index in [0.717, 1.165) is 30.4 Å². The summed E-state index contributed by atoms with van der Waals surface area (Å²) in [6.07, 6.45) is 4.78. The Morgan fingerprint density at radius 1 is 1.08 bits per heavy atom. The molecule has 2 atom stereocenters. The van der Waals surface area contributed by atoms with Crippen molar-refractivity contribution in [2.45, 2.75) is 56.0 Å². The van der Waals surface area contributed by atoms with Crippen LogP contribution in [0.1, 0.15) is 37.3 Å². The number of sulfonamides is 1. The zero-order valence-electron chi connectivity index (χ0n) is 15.3. The minimum absolute atomic E-state index is 0.0815. The lowest BCUT2D eigenvalue weighted by atomic mass is 9.96. The maximum absolute atomic E-state index is 13.2. The van der Waals surface area contributed by atoms with Gasteiger partial charge in [-0.15, -0.1) is 0 Å². The first-order valence-electron chi connectivity index (χ1n) is 9.57. The number of fused-ring (bicyclic) bond motifs is 3. The molecule has 4 rings (SSSR count). The van der Waals surface area contributed by atoms with Gasteiger partial charge in [-0.2, -0.15) is 4.31 Å². The maximum Gasteiger partial charge on any atom is 0.243 e. The molecule has 26 heavy (non-hydrogen) atoms. The van der Waals surface area contributed by atoms with E-state index in [1.54, 1.807) is 17.3 Å². The van der Waals surface area contributed by atoms with Gasteiger partial charge < -0.3 is 10.2 Å². The maximum atomic E-state index is 13.2. The molecular formula is C19H27N3O3S. The van der Waals surface area contributed by atoms with Gasteiger partial charge in [-0.3, -0.25) is 4.79 Å². The van der Waals surface area contributed by atoms with Gasteiger partial charge in [-0.05, 0) is 48.9 Å². The summed E-state index contributed by atoms with van der Waals surface area (Å²) >= 11 is 0. The first-order valence-corrected chi connectivity index (χ1v) is 11.0. The lowest BCUT2D eigenvalue weighted by Gasteiger charge is -2.41. The van der Waals surface area contributed by atoms with E-state index in [2.05, 4.69) is 5.32 Å². The Balaban J connectivity index is 1.57. The van der Waals surface area contributed by atoms with Crippen LogP contribution >= 0.6 is 0 Å². The lowest BCUT2D eigenvalue weighted by molar-refractivity contribution is -0.128. The van der Waals surface area contributed by atoms with E-state index in [4.69, 9.17) is 0 Å². The Morgan fingerprint density at radius 2 is 1.73 bits per heavy atom. The average molecular weight is 378 g/mol. The molecule has 0 aromatic heterocycles. The Bertz CT molecular complexity index is 796. The standard InChI is InChI=1S/C19H27N3O3S/c1-14(23)21-9-7-15-5-6-19(11-16(15)8-10-21)26(24,25)22-12-17-3-2-4-18(13-22)20-17/h5-6,11,17-18,20H,2-4,7-10,12-13H2,1H3. The van der Waals surface area contributed by atoms with Gasteiger partial charge in [0, 0.05) is 45.2 Å². The number of carbonyl (C=O) groups is 1. The van der Waals surface area contributed by atoms with Gasteiger partial charge in [0.15, 0.2) is 0 Å². The van der Waals surface area contributed by atoms with Crippen LogP contribution in [0.2, 0.25) is 0 Å². The topological polar surface area (TPSA) is 69.7 Å². The van der Waals surface area contributed by atoms with Crippen molar-refractivity contribution in [1.29, 1.82) is 0 Å². The molecule has 3 aliphatic rings. The number of nitrogens with zero attached hydrogens (tertiary/aromatic N) is 2. The van der Waals surface area contributed by atoms with E-state index in [0.29, 0.717) is 37.5 Å². The number of carbonyl (C=O) groups excluding carboxylic acids is 1. The smallest absolute Gasteiger partial charge is 0.243 e. The second-order valence-corrected chi connectivity index (χ2v) is 9.69. The number of piperazine rings is 1. The quantitative estimate of drug-likeness (QED) is 0.839. The van der Waals surface area contributed by atoms with Crippen LogP contribution < -0.4 is 5.32 Å². The zero-order chi connectivity index (χ0) is 18.3. The van der Waals surface area contributed by atoms with Crippen LogP contribution in [0.3, 0.4) is 0 Å². The summed E-state index contributed by atoms with van der Waals surface area (Å²) in [5.41, 5.74) is 2.22. The van der Waals surface area contributed by atoms with Crippen molar-refractivity contribution in [3.8, 4) is 0 Å². The zero-order valence-corrected chi connectivity index (χ0v) is 16.1. The number of nitrogens with one attached hydrogen (secondary N) is 1. The Labute approximate surface area is 155 Å². The highest BCUT2D eigenvalue weighted by molar-refractivity contribution is 7.89. The van der Waals surface area contributed by atoms with Gasteiger partial charge in [0.05, 0.1) is 4.90 Å². The Kier molecular flexibility index (Phi) is 4.79. The molecule has 7 heteroatoms. The molecular weight excluding hydrogens is 350 g/mol. The van der Waals surface area contributed by atoms with Crippen LogP contribution in [0.4, 0.5) is 0 Å². The minimum atomic E-state index is -3.47. The van der Waals surface area contributed by atoms with Crippen LogP contribution in [0, 0.1) is 0 Å². The number of benzene rings is 1. The fourth-order valence-electron chi connectivity index (χ4n) is 4.49. The van der Waals surface area contributed by atoms with Crippen molar-refractivity contribution in [2.75, 3.05) is 26.2 Å². The minimum Gasteiger partial charge on any atom is -0.342 e. The third-order valence-corrected chi connectivity index (χ3v) is 7.82. The van der Waals surface area contributed by atoms with Crippen LogP contribution in [-0.2, 0) is 27.7 Å². The fourth-order valence-corrected chi connectivity index (χ4v) is 6.07. The number of amides is 1. The first kappa shape index (κ1) is 17.9. The predicted molar refractivity (Wildman–Crippen MR) is 99.4 cm³/mol. The van der Waals surface area contributed by atoms with E-state index in [1.807, 2.05) is 17.0 Å². The van der Waals surface area contributed by atoms with E-state index < -0.39 is 10.0 Å². The largest absolute Gasteiger partial charge is 0.342 e. The molecule has 142 valence electrons. The van der Waals surface area contributed by atoms with E-state index in [-0.39, 0.29) is 18.0 Å². The summed E-state index contributed by atoms with van der Waals surface area (Å²) in [5, 5.41) is 3.54. The Hall–Kier alpha value is -1.44. The van der Waals surface area contributed by atoms with Crippen LogP contribution in [0.5, 0.6) is 0 Å². The van der Waals surface area contributed by atoms with Crippen molar-refractivity contribution >= 4 is 15.9 Å². The number of rotatable bonds is 2. The van der Waals surface area contributed by atoms with E-state index in [9.17, 15) is 13.2 Å². The normalized spacial score (nSPS) is 26.9. The SMILES string of the molecule is CC(=O)N1CCc2ccc(S(=O)(=O)N3CC4CCCC(C3)N4)cc2CC1. The van der Waals surface area contributed by atoms with Gasteiger partial charge in [0.25, 0.3) is 0 Å². The molecule has 2 fully saturated rings. The van der Waals surface area contributed by atoms with E-state index in [1.165, 1.54) is 6.42 Å². The van der Waals surface area contributed by atoms with Crippen molar-refractivity contribution < 1.29 is 13.2 Å². The van der Waals surface area contributed by atoms with Crippen LogP contribution in [-0.4, -0.2) is 61.8 Å². The molecule has 6 nitrogen and oxygen atoms in total. The predicted octanol–water partition coefficient (Wildman–Crippen LogP) is 1.15. The molecule has 3 heterocycles. The van der Waals surface area contributed by atoms with Crippen molar-refractivity contribution in [2.24, 2.45) is 0 Å². The molecule has 1 N–H and O–H groups in total. The summed E-state index contributed by atoms with van der Waals surface area (Å²) in [7, 11) is -3.47. The van der Waals surface area contributed by atoms with E-state index >= 15 is 0 Å². The van der Waals surface area contributed by atoms with Crippen LogP contribution in [0.25, 0.3) is 0 Å². The second kappa shape index (κ2) is 6.94. The summed E-state index contributed by atoms with van der Waals surface area (Å²) < 4.78 is 28.1. The molecule has 2 unspecified atom stereocenters. The van der Waals surface area contributed by atoms with Crippen molar-refractivity contribution in [3.63, 3.8) is 0 Å². The molecule has 2 saturated heterocycles. The van der Waals surface area contributed by atoms with Crippen molar-refractivity contribution in [3.05, 3.63) is 29.3 Å². The fraction of sp³-hybridized carbons (Fsp3) is 0.632. The Morgan fingerprint density at radius 3 is 2.38 bits per heavy atom. The van der Waals surface area contributed by atoms with Gasteiger partial charge in [-0.1, -0.05) is 12.5 Å². The highest BCUT2D eigenvalue weighted by Gasteiger charge is 2.36. The highest BCUT2D eigenvalue weighted by atomic mass is 32.2. The second-order valence-electron chi connectivity index (χ2n) is 7.75. The molecule has 0 aliphatic carbocycles. The molecule has 0 saturated carbocycles. The summed E-state index contributed by atoms with van der Waals surface area (Å²) in [5.74, 6) is 0.0815. The molecule has 1 aromatic rings. The van der Waals surface area contributed by atoms with Crippen molar-refractivity contribution in [1.82, 2.24) is 14.5 Å². The summed E-state index contributed by atoms with van der Waals surface area (Å²) in [4.78, 5) is 13.9. The monoisotopic (exact) mass is 377 g/mol. The lowest BCUT2D eigenvalue weighted by Crippen LogP contribution is -2.59. The molecule has 1 amide bonds. The third kappa shape index (κ3) is 3.40. The highest BCUT2D eigenvalue weighted by Crippen LogP contribution is 2.27. The molecule has 3 aliphatic heterocycles. The third-order valence-electron chi connectivity index (χ3n) is 5.99. The number of hydrogen-bond donors (Lipinski definition) is 1. The first-order chi connectivity index (χ1) is 12.4. The van der Waals surface area contributed by atoms with Gasteiger partial charge >= 0.3 is 0 Å². The number of hydrogen-bond acceptors (Lipinski definition) is 4. The van der Waals surface area contributed by atoms with Gasteiger partial charge in [0.1, 0.15) is 0 Å². The van der Waals surface area contributed by atoms with Crippen LogP contribution in [0.15, 0.2) is 23.1 Å². The molecule has 2 bridgehead atoms. The summed E-state index contributed by atoms with van der Waals surface area (Å²) in [6, 6.07) is 6.08. The molecule has 0 spiro atoms. The van der Waals surface area contributed by atoms with Gasteiger partial charge in [-0.25, -0.2) is 8.42 Å².